The highest BCUT2D eigenvalue weighted by atomic mass is 16.3. The smallest absolute Gasteiger partial charge is 0.289 e. The van der Waals surface area contributed by atoms with Gasteiger partial charge in [-0.2, -0.15) is 0 Å². The summed E-state index contributed by atoms with van der Waals surface area (Å²) in [5.41, 5.74) is 9.24. The van der Waals surface area contributed by atoms with Gasteiger partial charge in [0.15, 0.2) is 5.76 Å². The minimum absolute atomic E-state index is 0.0385. The molecule has 1 saturated heterocycles. The lowest BCUT2D eigenvalue weighted by molar-refractivity contribution is -0.131. The standard InChI is InChI=1S/C28H38N6O4/c1-19(35)32-11-6-20(7-12-32)24-16-22(15-23-17-25(38-27(23)24)28(37)31(2)3)21-5-4-10-33(18-21)26(36)8-13-34(30)14-9-29/h5,9,14-17,20H,4,6-8,10-13,18,29-30H2,1-3H3/b14-9-. The number of hydrogen-bond acceptors (Lipinski definition) is 7. The van der Waals surface area contributed by atoms with E-state index in [9.17, 15) is 14.4 Å². The zero-order chi connectivity index (χ0) is 27.4. The number of hydrazine groups is 1. The van der Waals surface area contributed by atoms with E-state index >= 15 is 0 Å². The summed E-state index contributed by atoms with van der Waals surface area (Å²) < 4.78 is 6.14. The average molecular weight is 523 g/mol. The van der Waals surface area contributed by atoms with Crippen molar-refractivity contribution >= 4 is 34.3 Å². The third-order valence-corrected chi connectivity index (χ3v) is 7.38. The van der Waals surface area contributed by atoms with Crippen molar-refractivity contribution in [3.63, 3.8) is 0 Å². The minimum atomic E-state index is -0.188. The zero-order valence-electron chi connectivity index (χ0n) is 22.5. The van der Waals surface area contributed by atoms with Gasteiger partial charge in [-0.3, -0.25) is 14.4 Å². The number of fused-ring (bicyclic) bond motifs is 1. The van der Waals surface area contributed by atoms with Gasteiger partial charge < -0.3 is 29.9 Å². The molecule has 38 heavy (non-hydrogen) atoms. The van der Waals surface area contributed by atoms with Crippen LogP contribution in [0.1, 0.15) is 60.2 Å². The van der Waals surface area contributed by atoms with Gasteiger partial charge in [-0.25, -0.2) is 5.84 Å². The Bertz CT molecular complexity index is 1260. The normalized spacial score (nSPS) is 16.7. The molecule has 0 atom stereocenters. The molecule has 2 aliphatic rings. The fourth-order valence-electron chi connectivity index (χ4n) is 5.23. The summed E-state index contributed by atoms with van der Waals surface area (Å²) in [7, 11) is 3.40. The van der Waals surface area contributed by atoms with E-state index in [1.54, 1.807) is 21.0 Å². The van der Waals surface area contributed by atoms with E-state index in [4.69, 9.17) is 16.0 Å². The monoisotopic (exact) mass is 522 g/mol. The van der Waals surface area contributed by atoms with Crippen molar-refractivity contribution in [2.75, 3.05) is 46.8 Å². The Morgan fingerprint density at radius 3 is 2.50 bits per heavy atom. The third-order valence-electron chi connectivity index (χ3n) is 7.38. The summed E-state index contributed by atoms with van der Waals surface area (Å²) in [6.45, 7) is 4.54. The number of amides is 3. The van der Waals surface area contributed by atoms with Crippen LogP contribution in [0, 0.1) is 0 Å². The molecule has 10 nitrogen and oxygen atoms in total. The lowest BCUT2D eigenvalue weighted by Gasteiger charge is -2.32. The fourth-order valence-corrected chi connectivity index (χ4v) is 5.23. The minimum Gasteiger partial charge on any atom is -0.451 e. The Labute approximate surface area is 223 Å². The first-order valence-corrected chi connectivity index (χ1v) is 13.1. The second-order valence-corrected chi connectivity index (χ2v) is 10.2. The lowest BCUT2D eigenvalue weighted by Crippen LogP contribution is -2.38. The van der Waals surface area contributed by atoms with E-state index < -0.39 is 0 Å². The maximum Gasteiger partial charge on any atom is 0.289 e. The Kier molecular flexibility index (Phi) is 8.41. The molecule has 3 heterocycles. The number of carbonyl (C=O) groups is 3. The molecule has 0 radical (unpaired) electrons. The van der Waals surface area contributed by atoms with Gasteiger partial charge in [-0.15, -0.1) is 0 Å². The van der Waals surface area contributed by atoms with Crippen molar-refractivity contribution in [1.82, 2.24) is 19.7 Å². The van der Waals surface area contributed by atoms with Gasteiger partial charge in [0.2, 0.25) is 11.8 Å². The van der Waals surface area contributed by atoms with E-state index in [2.05, 4.69) is 12.1 Å². The average Bonchev–Trinajstić information content (AvgIpc) is 3.35. The third kappa shape index (κ3) is 6.02. The Hall–Kier alpha value is -3.79. The van der Waals surface area contributed by atoms with Gasteiger partial charge in [0.25, 0.3) is 5.91 Å². The molecule has 2 aliphatic heterocycles. The molecule has 10 heteroatoms. The number of carbonyl (C=O) groups excluding carboxylic acids is 3. The topological polar surface area (TPSA) is 129 Å². The predicted octanol–water partition coefficient (Wildman–Crippen LogP) is 2.47. The van der Waals surface area contributed by atoms with Crippen LogP contribution in [0.5, 0.6) is 0 Å². The van der Waals surface area contributed by atoms with Crippen LogP contribution in [0.15, 0.2) is 41.1 Å². The number of furan rings is 1. The van der Waals surface area contributed by atoms with Crippen LogP contribution < -0.4 is 11.6 Å². The first-order chi connectivity index (χ1) is 18.2. The summed E-state index contributed by atoms with van der Waals surface area (Å²) in [6, 6.07) is 6.01. The van der Waals surface area contributed by atoms with Gasteiger partial charge in [0.05, 0.1) is 0 Å². The van der Waals surface area contributed by atoms with E-state index in [-0.39, 0.29) is 23.6 Å². The molecule has 1 aromatic heterocycles. The van der Waals surface area contributed by atoms with Crippen molar-refractivity contribution in [2.45, 2.75) is 38.5 Å². The fraction of sp³-hybridized carbons (Fsp3) is 0.464. The largest absolute Gasteiger partial charge is 0.451 e. The molecule has 4 N–H and O–H groups in total. The highest BCUT2D eigenvalue weighted by Crippen LogP contribution is 2.38. The van der Waals surface area contributed by atoms with Crippen molar-refractivity contribution in [3.05, 3.63) is 53.6 Å². The van der Waals surface area contributed by atoms with E-state index in [0.717, 1.165) is 46.9 Å². The summed E-state index contributed by atoms with van der Waals surface area (Å²) >= 11 is 0. The van der Waals surface area contributed by atoms with Crippen LogP contribution in [0.3, 0.4) is 0 Å². The Morgan fingerprint density at radius 2 is 1.84 bits per heavy atom. The quantitative estimate of drug-likeness (QED) is 0.422. The maximum atomic E-state index is 12.9. The van der Waals surface area contributed by atoms with Crippen LogP contribution in [-0.2, 0) is 9.59 Å². The highest BCUT2D eigenvalue weighted by molar-refractivity contribution is 5.97. The molecule has 204 valence electrons. The van der Waals surface area contributed by atoms with Crippen molar-refractivity contribution in [1.29, 1.82) is 0 Å². The van der Waals surface area contributed by atoms with Gasteiger partial charge in [-0.1, -0.05) is 6.08 Å². The number of likely N-dealkylation sites (tertiary alicyclic amines) is 1. The van der Waals surface area contributed by atoms with Crippen molar-refractivity contribution in [3.8, 4) is 0 Å². The molecule has 0 unspecified atom stereocenters. The predicted molar refractivity (Wildman–Crippen MR) is 146 cm³/mol. The second kappa shape index (κ2) is 11.7. The van der Waals surface area contributed by atoms with E-state index in [1.807, 2.05) is 21.9 Å². The molecular formula is C28H38N6O4. The summed E-state index contributed by atoms with van der Waals surface area (Å²) in [6.07, 6.45) is 7.77. The number of piperidine rings is 1. The molecule has 3 amide bonds. The molecule has 2 aromatic rings. The van der Waals surface area contributed by atoms with Crippen molar-refractivity contribution < 1.29 is 18.8 Å². The van der Waals surface area contributed by atoms with Gasteiger partial charge in [-0.05, 0) is 60.1 Å². The van der Waals surface area contributed by atoms with Crippen molar-refractivity contribution in [2.24, 2.45) is 11.6 Å². The molecule has 0 aliphatic carbocycles. The first kappa shape index (κ1) is 27.3. The SMILES string of the molecule is CC(=O)N1CCC(c2cc(C3=CCCN(C(=O)CCN(N)/C=C\N)C3)cc3cc(C(=O)N(C)C)oc23)CC1. The summed E-state index contributed by atoms with van der Waals surface area (Å²) in [4.78, 5) is 42.7. The number of rotatable bonds is 7. The van der Waals surface area contributed by atoms with E-state index in [1.165, 1.54) is 22.3 Å². The van der Waals surface area contributed by atoms with Gasteiger partial charge >= 0.3 is 0 Å². The van der Waals surface area contributed by atoms with Crippen LogP contribution in [0.25, 0.3) is 16.5 Å². The molecule has 4 rings (SSSR count). The maximum absolute atomic E-state index is 12.9. The highest BCUT2D eigenvalue weighted by Gasteiger charge is 2.27. The van der Waals surface area contributed by atoms with Gasteiger partial charge in [0.1, 0.15) is 5.58 Å². The Balaban J connectivity index is 1.62. The number of benzene rings is 1. The molecule has 0 bridgehead atoms. The lowest BCUT2D eigenvalue weighted by atomic mass is 9.86. The molecular weight excluding hydrogens is 484 g/mol. The van der Waals surface area contributed by atoms with Crippen LogP contribution in [0.2, 0.25) is 0 Å². The summed E-state index contributed by atoms with van der Waals surface area (Å²) in [5.74, 6) is 6.26. The zero-order valence-corrected chi connectivity index (χ0v) is 22.5. The number of hydrogen-bond donors (Lipinski definition) is 2. The van der Waals surface area contributed by atoms with Crippen LogP contribution >= 0.6 is 0 Å². The second-order valence-electron chi connectivity index (χ2n) is 10.2. The molecule has 1 fully saturated rings. The number of nitrogens with two attached hydrogens (primary N) is 2. The van der Waals surface area contributed by atoms with E-state index in [0.29, 0.717) is 44.9 Å². The van der Waals surface area contributed by atoms with Crippen LogP contribution in [-0.4, -0.2) is 84.2 Å². The number of nitrogens with zero attached hydrogens (tertiary/aromatic N) is 4. The first-order valence-electron chi connectivity index (χ1n) is 13.1. The van der Waals surface area contributed by atoms with Crippen LogP contribution in [0.4, 0.5) is 0 Å². The molecule has 1 aromatic carbocycles. The summed E-state index contributed by atoms with van der Waals surface area (Å²) in [5, 5.41) is 2.27. The molecule has 0 saturated carbocycles. The molecule has 0 spiro atoms. The van der Waals surface area contributed by atoms with Gasteiger partial charge in [0, 0.05) is 77.9 Å². The Morgan fingerprint density at radius 1 is 1.11 bits per heavy atom.